The highest BCUT2D eigenvalue weighted by Crippen LogP contribution is 2.45. The Labute approximate surface area is 191 Å². The molecule has 1 fully saturated rings. The van der Waals surface area contributed by atoms with Crippen molar-refractivity contribution in [2.24, 2.45) is 0 Å². The highest BCUT2D eigenvalue weighted by atomic mass is 35.5. The average Bonchev–Trinajstić information content (AvgIpc) is 3.04. The minimum atomic E-state index is -0.803. The highest BCUT2D eigenvalue weighted by molar-refractivity contribution is 6.51. The lowest BCUT2D eigenvalue weighted by atomic mass is 9.92. The summed E-state index contributed by atoms with van der Waals surface area (Å²) >= 11 is 6.33. The van der Waals surface area contributed by atoms with Crippen LogP contribution in [0.1, 0.15) is 28.3 Å². The molecule has 162 valence electrons. The van der Waals surface area contributed by atoms with E-state index in [0.29, 0.717) is 10.7 Å². The molecular weight excluding hydrogens is 426 g/mol. The van der Waals surface area contributed by atoms with Gasteiger partial charge in [0.05, 0.1) is 29.3 Å². The summed E-state index contributed by atoms with van der Waals surface area (Å²) < 4.78 is 5.41. The summed E-state index contributed by atoms with van der Waals surface area (Å²) in [5.41, 5.74) is 3.24. The Balaban J connectivity index is 2.03. The topological polar surface area (TPSA) is 66.8 Å². The lowest BCUT2D eigenvalue weighted by Crippen LogP contribution is -2.29. The molecule has 4 rings (SSSR count). The molecule has 0 aromatic heterocycles. The van der Waals surface area contributed by atoms with Crippen LogP contribution in [0.4, 0.5) is 5.69 Å². The fourth-order valence-electron chi connectivity index (χ4n) is 4.13. The summed E-state index contributed by atoms with van der Waals surface area (Å²) in [4.78, 5) is 27.9. The van der Waals surface area contributed by atoms with Crippen LogP contribution in [0.25, 0.3) is 5.76 Å². The molecular formula is C26H22ClNO4. The number of aryl methyl sites for hydroxylation is 2. The number of nitrogens with zero attached hydrogens (tertiary/aromatic N) is 1. The van der Waals surface area contributed by atoms with E-state index in [0.717, 1.165) is 16.7 Å². The van der Waals surface area contributed by atoms with Gasteiger partial charge in [0.2, 0.25) is 0 Å². The number of amides is 1. The molecule has 0 bridgehead atoms. The van der Waals surface area contributed by atoms with Crippen LogP contribution in [0.15, 0.2) is 72.3 Å². The number of aliphatic hydroxyl groups is 1. The number of halogens is 1. The first-order valence-electron chi connectivity index (χ1n) is 10.1. The van der Waals surface area contributed by atoms with Crippen LogP contribution < -0.4 is 9.64 Å². The molecule has 0 spiro atoms. The first kappa shape index (κ1) is 21.7. The number of carbonyl (C=O) groups excluding carboxylic acids is 2. The Bertz CT molecular complexity index is 1250. The molecule has 1 aliphatic rings. The van der Waals surface area contributed by atoms with Gasteiger partial charge in [-0.3, -0.25) is 14.5 Å². The van der Waals surface area contributed by atoms with E-state index in [-0.39, 0.29) is 22.6 Å². The van der Waals surface area contributed by atoms with E-state index in [9.17, 15) is 14.7 Å². The highest BCUT2D eigenvalue weighted by Gasteiger charge is 2.47. The van der Waals surface area contributed by atoms with Crippen molar-refractivity contribution in [1.82, 2.24) is 0 Å². The Hall–Kier alpha value is -3.57. The molecule has 1 unspecified atom stereocenters. The van der Waals surface area contributed by atoms with Crippen molar-refractivity contribution in [3.8, 4) is 5.75 Å². The van der Waals surface area contributed by atoms with Crippen LogP contribution in [-0.4, -0.2) is 23.9 Å². The molecule has 1 saturated heterocycles. The zero-order chi connectivity index (χ0) is 23.0. The van der Waals surface area contributed by atoms with Gasteiger partial charge in [-0.1, -0.05) is 54.1 Å². The van der Waals surface area contributed by atoms with Gasteiger partial charge in [-0.2, -0.15) is 0 Å². The van der Waals surface area contributed by atoms with Crippen LogP contribution in [0.5, 0.6) is 5.75 Å². The molecule has 0 saturated carbocycles. The number of ether oxygens (including phenoxy) is 1. The predicted molar refractivity (Wildman–Crippen MR) is 125 cm³/mol. The maximum atomic E-state index is 13.3. The summed E-state index contributed by atoms with van der Waals surface area (Å²) in [6.07, 6.45) is 0. The predicted octanol–water partition coefficient (Wildman–Crippen LogP) is 5.59. The van der Waals surface area contributed by atoms with E-state index >= 15 is 0 Å². The van der Waals surface area contributed by atoms with E-state index in [2.05, 4.69) is 0 Å². The molecule has 1 amide bonds. The van der Waals surface area contributed by atoms with E-state index in [1.807, 2.05) is 44.2 Å². The van der Waals surface area contributed by atoms with Crippen molar-refractivity contribution >= 4 is 34.7 Å². The number of hydrogen-bond donors (Lipinski definition) is 1. The number of para-hydroxylation sites is 1. The number of carbonyl (C=O) groups is 2. The quantitative estimate of drug-likeness (QED) is 0.321. The van der Waals surface area contributed by atoms with Crippen molar-refractivity contribution in [2.75, 3.05) is 12.0 Å². The Kier molecular flexibility index (Phi) is 5.76. The summed E-state index contributed by atoms with van der Waals surface area (Å²) in [6.45, 7) is 3.73. The maximum absolute atomic E-state index is 13.3. The molecule has 6 heteroatoms. The second kappa shape index (κ2) is 8.52. The van der Waals surface area contributed by atoms with Gasteiger partial charge < -0.3 is 9.84 Å². The molecule has 0 radical (unpaired) electrons. The smallest absolute Gasteiger partial charge is 0.300 e. The van der Waals surface area contributed by atoms with Crippen LogP contribution >= 0.6 is 11.6 Å². The lowest BCUT2D eigenvalue weighted by Gasteiger charge is -2.26. The fraction of sp³-hybridized carbons (Fsp3) is 0.154. The summed E-state index contributed by atoms with van der Waals surface area (Å²) in [6, 6.07) is 19.0. The van der Waals surface area contributed by atoms with Gasteiger partial charge in [-0.15, -0.1) is 0 Å². The number of benzene rings is 3. The third-order valence-corrected chi connectivity index (χ3v) is 5.89. The molecule has 0 aliphatic carbocycles. The van der Waals surface area contributed by atoms with Crippen molar-refractivity contribution in [1.29, 1.82) is 0 Å². The largest absolute Gasteiger partial charge is 0.507 e. The molecule has 1 heterocycles. The number of anilines is 1. The lowest BCUT2D eigenvalue weighted by molar-refractivity contribution is -0.132. The molecule has 1 N–H and O–H groups in total. The van der Waals surface area contributed by atoms with E-state index in [1.54, 1.807) is 36.4 Å². The van der Waals surface area contributed by atoms with Gasteiger partial charge in [-0.25, -0.2) is 0 Å². The van der Waals surface area contributed by atoms with Gasteiger partial charge >= 0.3 is 0 Å². The Morgan fingerprint density at radius 2 is 1.66 bits per heavy atom. The van der Waals surface area contributed by atoms with Crippen molar-refractivity contribution < 1.29 is 19.4 Å². The monoisotopic (exact) mass is 447 g/mol. The zero-order valence-electron chi connectivity index (χ0n) is 17.9. The van der Waals surface area contributed by atoms with Crippen LogP contribution in [0, 0.1) is 13.8 Å². The van der Waals surface area contributed by atoms with Gasteiger partial charge in [0.25, 0.3) is 11.7 Å². The minimum Gasteiger partial charge on any atom is -0.507 e. The van der Waals surface area contributed by atoms with Crippen LogP contribution in [0.2, 0.25) is 5.02 Å². The number of methoxy groups -OCH3 is 1. The number of Topliss-reactive ketones (excluding diaryl/α,β-unsaturated/α-hetero) is 1. The molecule has 3 aromatic rings. The average molecular weight is 448 g/mol. The summed E-state index contributed by atoms with van der Waals surface area (Å²) in [7, 11) is 1.44. The number of aliphatic hydroxyl groups excluding tert-OH is 1. The van der Waals surface area contributed by atoms with Crippen molar-refractivity contribution in [3.05, 3.63) is 99.6 Å². The first-order valence-corrected chi connectivity index (χ1v) is 10.5. The van der Waals surface area contributed by atoms with E-state index < -0.39 is 17.7 Å². The molecule has 1 aliphatic heterocycles. The number of rotatable bonds is 4. The van der Waals surface area contributed by atoms with E-state index in [1.165, 1.54) is 12.0 Å². The van der Waals surface area contributed by atoms with Gasteiger partial charge in [0.1, 0.15) is 11.5 Å². The Morgan fingerprint density at radius 3 is 2.31 bits per heavy atom. The van der Waals surface area contributed by atoms with Crippen LogP contribution in [-0.2, 0) is 9.59 Å². The molecule has 5 nitrogen and oxygen atoms in total. The third-order valence-electron chi connectivity index (χ3n) is 5.61. The summed E-state index contributed by atoms with van der Waals surface area (Å²) in [5.74, 6) is -1.55. The first-order chi connectivity index (χ1) is 15.3. The standard InChI is InChI=1S/C26H22ClNO4/c1-15-13-19(25(32-3)20(27)14-15)23(29)21-22(18-12-8-7-9-16(18)2)28(26(31)24(21)30)17-10-5-4-6-11-17/h4-14,22,29H,1-3H3/b23-21+. The van der Waals surface area contributed by atoms with Crippen molar-refractivity contribution in [2.45, 2.75) is 19.9 Å². The normalized spacial score (nSPS) is 17.6. The van der Waals surface area contributed by atoms with Crippen molar-refractivity contribution in [3.63, 3.8) is 0 Å². The second-order valence-electron chi connectivity index (χ2n) is 7.69. The molecule has 1 atom stereocenters. The zero-order valence-corrected chi connectivity index (χ0v) is 18.7. The van der Waals surface area contributed by atoms with Gasteiger partial charge in [0.15, 0.2) is 0 Å². The van der Waals surface area contributed by atoms with Gasteiger partial charge in [-0.05, 0) is 54.8 Å². The minimum absolute atomic E-state index is 0.00637. The molecule has 3 aromatic carbocycles. The SMILES string of the molecule is COc1c(Cl)cc(C)cc1/C(O)=C1\C(=O)C(=O)N(c2ccccc2)C1c1ccccc1C. The summed E-state index contributed by atoms with van der Waals surface area (Å²) in [5, 5.41) is 11.7. The van der Waals surface area contributed by atoms with E-state index in [4.69, 9.17) is 16.3 Å². The Morgan fingerprint density at radius 1 is 1.00 bits per heavy atom. The van der Waals surface area contributed by atoms with Crippen LogP contribution in [0.3, 0.4) is 0 Å². The van der Waals surface area contributed by atoms with Gasteiger partial charge in [0, 0.05) is 5.69 Å². The second-order valence-corrected chi connectivity index (χ2v) is 8.10. The third kappa shape index (κ3) is 3.55. The molecule has 32 heavy (non-hydrogen) atoms. The number of hydrogen-bond acceptors (Lipinski definition) is 4. The fourth-order valence-corrected chi connectivity index (χ4v) is 4.48. The maximum Gasteiger partial charge on any atom is 0.300 e. The number of ketones is 1.